The summed E-state index contributed by atoms with van der Waals surface area (Å²) in [6.07, 6.45) is 0.0673. The van der Waals surface area contributed by atoms with Crippen LogP contribution in [0.5, 0.6) is 0 Å². The third kappa shape index (κ3) is 2.66. The lowest BCUT2D eigenvalue weighted by Crippen LogP contribution is -2.57. The van der Waals surface area contributed by atoms with Gasteiger partial charge >= 0.3 is 5.97 Å². The SMILES string of the molecule is N#Cc1ccc(C2NC(Cc3ccccc3)(C(=O)O)C3C(=O)NC(=O)C23)cc1. The topological polar surface area (TPSA) is 119 Å². The van der Waals surface area contributed by atoms with Gasteiger partial charge in [-0.25, -0.2) is 0 Å². The number of nitrogens with zero attached hydrogens (tertiary/aromatic N) is 1. The third-order valence-corrected chi connectivity index (χ3v) is 5.60. The molecule has 28 heavy (non-hydrogen) atoms. The van der Waals surface area contributed by atoms with Crippen LogP contribution >= 0.6 is 0 Å². The number of fused-ring (bicyclic) bond motifs is 1. The molecule has 4 rings (SSSR count). The van der Waals surface area contributed by atoms with Crippen LogP contribution in [-0.2, 0) is 20.8 Å². The Labute approximate surface area is 161 Å². The lowest BCUT2D eigenvalue weighted by molar-refractivity contribution is -0.149. The van der Waals surface area contributed by atoms with E-state index in [9.17, 15) is 19.5 Å². The number of carboxylic acids is 1. The summed E-state index contributed by atoms with van der Waals surface area (Å²) in [7, 11) is 0. The van der Waals surface area contributed by atoms with E-state index >= 15 is 0 Å². The summed E-state index contributed by atoms with van der Waals surface area (Å²) < 4.78 is 0. The van der Waals surface area contributed by atoms with Gasteiger partial charge in [-0.2, -0.15) is 5.26 Å². The van der Waals surface area contributed by atoms with Gasteiger partial charge < -0.3 is 5.11 Å². The minimum Gasteiger partial charge on any atom is -0.480 e. The highest BCUT2D eigenvalue weighted by atomic mass is 16.4. The quantitative estimate of drug-likeness (QED) is 0.690. The van der Waals surface area contributed by atoms with Crippen LogP contribution in [0.1, 0.15) is 22.7 Å². The van der Waals surface area contributed by atoms with E-state index in [0.717, 1.165) is 5.56 Å². The molecule has 0 saturated carbocycles. The molecule has 0 aromatic heterocycles. The van der Waals surface area contributed by atoms with Gasteiger partial charge in [-0.3, -0.25) is 25.0 Å². The Bertz CT molecular complexity index is 997. The number of carbonyl (C=O) groups excluding carboxylic acids is 2. The van der Waals surface area contributed by atoms with Crippen molar-refractivity contribution in [1.29, 1.82) is 5.26 Å². The average molecular weight is 375 g/mol. The third-order valence-electron chi connectivity index (χ3n) is 5.60. The summed E-state index contributed by atoms with van der Waals surface area (Å²) >= 11 is 0. The zero-order chi connectivity index (χ0) is 19.9. The molecule has 2 amide bonds. The molecule has 2 aromatic rings. The molecule has 3 N–H and O–H groups in total. The molecular weight excluding hydrogens is 358 g/mol. The number of aliphatic carboxylic acids is 1. The van der Waals surface area contributed by atoms with Crippen molar-refractivity contribution < 1.29 is 19.5 Å². The van der Waals surface area contributed by atoms with E-state index in [-0.39, 0.29) is 6.42 Å². The van der Waals surface area contributed by atoms with E-state index in [4.69, 9.17) is 5.26 Å². The van der Waals surface area contributed by atoms with Crippen LogP contribution < -0.4 is 10.6 Å². The molecule has 2 fully saturated rings. The molecule has 4 unspecified atom stereocenters. The summed E-state index contributed by atoms with van der Waals surface area (Å²) in [6.45, 7) is 0. The Kier molecular flexibility index (Phi) is 4.21. The Balaban J connectivity index is 1.80. The fraction of sp³-hybridized carbons (Fsp3) is 0.238. The van der Waals surface area contributed by atoms with Crippen molar-refractivity contribution in [1.82, 2.24) is 10.6 Å². The molecule has 2 aliphatic heterocycles. The van der Waals surface area contributed by atoms with Crippen molar-refractivity contribution in [2.75, 3.05) is 0 Å². The highest BCUT2D eigenvalue weighted by Gasteiger charge is 2.66. The molecule has 7 heteroatoms. The van der Waals surface area contributed by atoms with Crippen LogP contribution in [0.25, 0.3) is 0 Å². The minimum atomic E-state index is -1.61. The van der Waals surface area contributed by atoms with Crippen LogP contribution in [-0.4, -0.2) is 28.4 Å². The van der Waals surface area contributed by atoms with Crippen molar-refractivity contribution in [3.05, 3.63) is 71.3 Å². The van der Waals surface area contributed by atoms with Gasteiger partial charge in [0.1, 0.15) is 5.54 Å². The van der Waals surface area contributed by atoms with E-state index in [1.54, 1.807) is 48.5 Å². The molecule has 0 spiro atoms. The number of amides is 2. The van der Waals surface area contributed by atoms with Crippen molar-refractivity contribution in [3.63, 3.8) is 0 Å². The standard InChI is InChI=1S/C21H17N3O4/c22-11-13-6-8-14(9-7-13)17-15-16(19(26)23-18(15)25)21(24-17,20(27)28)10-12-4-2-1-3-5-12/h1-9,15-17,24H,10H2,(H,27,28)(H,23,25,26). The van der Waals surface area contributed by atoms with Crippen LogP contribution in [0.15, 0.2) is 54.6 Å². The van der Waals surface area contributed by atoms with E-state index in [1.165, 1.54) is 0 Å². The number of carboxylic acid groups (broad SMARTS) is 1. The number of hydrogen-bond donors (Lipinski definition) is 3. The van der Waals surface area contributed by atoms with Crippen molar-refractivity contribution in [2.24, 2.45) is 11.8 Å². The van der Waals surface area contributed by atoms with Crippen molar-refractivity contribution in [3.8, 4) is 6.07 Å². The molecule has 0 aliphatic carbocycles. The molecule has 2 heterocycles. The van der Waals surface area contributed by atoms with E-state index in [2.05, 4.69) is 10.6 Å². The van der Waals surface area contributed by atoms with Gasteiger partial charge in [0.25, 0.3) is 0 Å². The van der Waals surface area contributed by atoms with E-state index in [0.29, 0.717) is 11.1 Å². The predicted octanol–water partition coefficient (Wildman–Crippen LogP) is 1.16. The zero-order valence-electron chi connectivity index (χ0n) is 14.8. The first-order chi connectivity index (χ1) is 13.5. The van der Waals surface area contributed by atoms with Gasteiger partial charge in [-0.1, -0.05) is 42.5 Å². The molecule has 4 atom stereocenters. The normalized spacial score (nSPS) is 28.5. The first kappa shape index (κ1) is 17.9. The molecule has 2 saturated heterocycles. The predicted molar refractivity (Wildman–Crippen MR) is 97.7 cm³/mol. The molecule has 7 nitrogen and oxygen atoms in total. The van der Waals surface area contributed by atoms with Crippen LogP contribution in [0.3, 0.4) is 0 Å². The zero-order valence-corrected chi connectivity index (χ0v) is 14.8. The smallest absolute Gasteiger partial charge is 0.325 e. The van der Waals surface area contributed by atoms with Gasteiger partial charge in [0, 0.05) is 12.5 Å². The van der Waals surface area contributed by atoms with Crippen LogP contribution in [0.2, 0.25) is 0 Å². The maximum absolute atomic E-state index is 12.6. The lowest BCUT2D eigenvalue weighted by Gasteiger charge is -2.30. The molecule has 2 aliphatic rings. The summed E-state index contributed by atoms with van der Waals surface area (Å²) in [5, 5.41) is 24.5. The molecule has 0 radical (unpaired) electrons. The molecular formula is C21H17N3O4. The molecule has 0 bridgehead atoms. The Morgan fingerprint density at radius 2 is 1.75 bits per heavy atom. The number of nitrogens with one attached hydrogen (secondary N) is 2. The summed E-state index contributed by atoms with van der Waals surface area (Å²) in [6, 6.07) is 17.0. The number of nitriles is 1. The first-order valence-electron chi connectivity index (χ1n) is 8.86. The van der Waals surface area contributed by atoms with E-state index in [1.807, 2.05) is 12.1 Å². The first-order valence-corrected chi connectivity index (χ1v) is 8.86. The maximum Gasteiger partial charge on any atom is 0.325 e. The fourth-order valence-corrected chi connectivity index (χ4v) is 4.33. The van der Waals surface area contributed by atoms with Crippen molar-refractivity contribution in [2.45, 2.75) is 18.0 Å². The summed E-state index contributed by atoms with van der Waals surface area (Å²) in [5.74, 6) is -4.09. The Morgan fingerprint density at radius 1 is 1.07 bits per heavy atom. The van der Waals surface area contributed by atoms with Crippen LogP contribution in [0, 0.1) is 23.2 Å². The average Bonchev–Trinajstić information content (AvgIpc) is 3.20. The van der Waals surface area contributed by atoms with Crippen molar-refractivity contribution >= 4 is 17.8 Å². The number of benzene rings is 2. The second-order valence-corrected chi connectivity index (χ2v) is 7.15. The Hall–Kier alpha value is -3.50. The van der Waals surface area contributed by atoms with Gasteiger partial charge in [-0.05, 0) is 23.3 Å². The second-order valence-electron chi connectivity index (χ2n) is 7.15. The summed E-state index contributed by atoms with van der Waals surface area (Å²) in [4.78, 5) is 37.5. The van der Waals surface area contributed by atoms with Gasteiger partial charge in [0.2, 0.25) is 11.8 Å². The number of hydrogen-bond acceptors (Lipinski definition) is 5. The largest absolute Gasteiger partial charge is 0.480 e. The maximum atomic E-state index is 12.6. The highest BCUT2D eigenvalue weighted by Crippen LogP contribution is 2.47. The van der Waals surface area contributed by atoms with Gasteiger partial charge in [-0.15, -0.1) is 0 Å². The minimum absolute atomic E-state index is 0.0673. The number of carbonyl (C=O) groups is 3. The lowest BCUT2D eigenvalue weighted by atomic mass is 9.76. The Morgan fingerprint density at radius 3 is 2.36 bits per heavy atom. The van der Waals surface area contributed by atoms with Gasteiger partial charge in [0.15, 0.2) is 0 Å². The summed E-state index contributed by atoms with van der Waals surface area (Å²) in [5.41, 5.74) is 0.263. The molecule has 140 valence electrons. The van der Waals surface area contributed by atoms with Gasteiger partial charge in [0.05, 0.1) is 23.5 Å². The number of imide groups is 1. The fourth-order valence-electron chi connectivity index (χ4n) is 4.33. The second kappa shape index (κ2) is 6.59. The highest BCUT2D eigenvalue weighted by molar-refractivity contribution is 6.09. The monoisotopic (exact) mass is 375 g/mol. The van der Waals surface area contributed by atoms with Crippen LogP contribution in [0.4, 0.5) is 0 Å². The van der Waals surface area contributed by atoms with E-state index < -0.39 is 41.2 Å². The number of rotatable bonds is 4. The molecule has 2 aromatic carbocycles.